The number of alkyl carbamates (subject to hydrolysis) is 2. The Kier molecular flexibility index (Phi) is 32.3. The second-order valence-corrected chi connectivity index (χ2v) is 13.3. The number of hydrogen-bond donors (Lipinski definition) is 3. The largest absolute Gasteiger partial charge is 0.458 e. The van der Waals surface area contributed by atoms with E-state index in [0.29, 0.717) is 57.9 Å². The van der Waals surface area contributed by atoms with Gasteiger partial charge in [-0.25, -0.2) is 43.2 Å². The summed E-state index contributed by atoms with van der Waals surface area (Å²) in [6.45, 7) is 19.8. The van der Waals surface area contributed by atoms with Crippen molar-refractivity contribution in [2.45, 2.75) is 70.5 Å². The third-order valence-corrected chi connectivity index (χ3v) is 8.35. The molecule has 0 bridgehead atoms. The monoisotopic (exact) mass is 944 g/mol. The first kappa shape index (κ1) is 59.2. The number of rotatable bonds is 34. The maximum absolute atomic E-state index is 12.7. The predicted octanol–water partition coefficient (Wildman–Crippen LogP) is 4.00. The molecular formula is C45H60N4O18. The molecule has 0 rings (SSSR count). The number of amides is 5. The quantitative estimate of drug-likeness (QED) is 0.0270. The minimum Gasteiger partial charge on any atom is -0.458 e. The number of nitrogens with zero attached hydrogens (tertiary/aromatic N) is 1. The Morgan fingerprint density at radius 1 is 0.463 bits per heavy atom. The molecule has 0 aromatic carbocycles. The van der Waals surface area contributed by atoms with Crippen LogP contribution in [0.3, 0.4) is 0 Å². The van der Waals surface area contributed by atoms with E-state index in [0.717, 1.165) is 53.9 Å². The Labute approximate surface area is 388 Å². The Balaban J connectivity index is 4.79. The molecule has 0 aromatic rings. The second-order valence-electron chi connectivity index (χ2n) is 13.3. The first-order valence-corrected chi connectivity index (χ1v) is 20.7. The van der Waals surface area contributed by atoms with Gasteiger partial charge in [0.25, 0.3) is 0 Å². The van der Waals surface area contributed by atoms with Crippen molar-refractivity contribution in [3.63, 3.8) is 0 Å². The lowest BCUT2D eigenvalue weighted by Crippen LogP contribution is -2.43. The number of unbranched alkanes of at least 4 members (excludes halogenated alkanes) is 6. The molecule has 5 amide bonds. The number of nitrogens with one attached hydrogen (secondary N) is 3. The number of urea groups is 1. The molecular weight excluding hydrogens is 885 g/mol. The van der Waals surface area contributed by atoms with Crippen LogP contribution in [0.15, 0.2) is 99.6 Å². The van der Waals surface area contributed by atoms with Gasteiger partial charge in [-0.2, -0.15) is 0 Å². The number of carbonyl (C=O) groups excluding carboxylic acids is 10. The summed E-state index contributed by atoms with van der Waals surface area (Å²) in [6.07, 6.45) is 7.39. The van der Waals surface area contributed by atoms with E-state index in [1.54, 1.807) is 0 Å². The molecule has 3 N–H and O–H groups in total. The number of hydrogen-bond acceptors (Lipinski definition) is 18. The van der Waals surface area contributed by atoms with Gasteiger partial charge in [-0.1, -0.05) is 65.2 Å². The normalized spacial score (nSPS) is 11.5. The van der Waals surface area contributed by atoms with E-state index in [2.05, 4.69) is 55.4 Å². The number of carbonyl (C=O) groups is 10. The summed E-state index contributed by atoms with van der Waals surface area (Å²) >= 11 is 0. The van der Waals surface area contributed by atoms with Crippen LogP contribution in [0.2, 0.25) is 0 Å². The summed E-state index contributed by atoms with van der Waals surface area (Å²) in [5, 5.41) is 7.80. The highest BCUT2D eigenvalue weighted by atomic mass is 16.6. The van der Waals surface area contributed by atoms with Gasteiger partial charge in [-0.15, -0.1) is 0 Å². The van der Waals surface area contributed by atoms with Crippen LogP contribution >= 0.6 is 0 Å². The fraction of sp³-hybridized carbons (Fsp3) is 0.422. The highest BCUT2D eigenvalue weighted by molar-refractivity contribution is 5.93. The summed E-state index contributed by atoms with van der Waals surface area (Å²) < 4.78 is 40.4. The standard InChI is InChI=1S/C45H60N4O18/c1-8-37(51)60-26-33(35(66-41(55)12-5)30-62-39(53)10-3)28-64-44(58)47-23-19-15-14-18-22-46-43(57)49(32(7)50)25-21-17-16-20-24-48-45(59)65-29-34(27-61-38(52)9-2)36(67-42(56)13-6)31-63-40(54)11-4/h8-13,28-29,35-36H,1-6,14-27,30-31H2,7H3,(H,46,57)(H,47,58)(H,48,59)/b33-28+,34-29+. The SMILES string of the molecule is C=CC(=O)OC/C(=C\OC(=O)NCCCCCCNC(=O)N(CCCCCCNC(=O)O/C=C(\COC(=O)C=C)C(COC(=O)C=C)OC(=O)C=C)C(C)=O)C(COC(=O)C=C)OC(=O)C=C. The van der Waals surface area contributed by atoms with E-state index in [9.17, 15) is 47.9 Å². The van der Waals surface area contributed by atoms with Crippen molar-refractivity contribution in [1.29, 1.82) is 0 Å². The molecule has 0 heterocycles. The average molecular weight is 945 g/mol. The van der Waals surface area contributed by atoms with Crippen LogP contribution in [0.5, 0.6) is 0 Å². The summed E-state index contributed by atoms with van der Waals surface area (Å²) in [5.74, 6) is -5.53. The topological polar surface area (TPSA) is 284 Å². The molecule has 0 aliphatic carbocycles. The van der Waals surface area contributed by atoms with Gasteiger partial charge in [0.2, 0.25) is 5.91 Å². The van der Waals surface area contributed by atoms with Crippen LogP contribution in [-0.4, -0.2) is 130 Å². The average Bonchev–Trinajstić information content (AvgIpc) is 3.32. The molecule has 0 spiro atoms. The third-order valence-electron chi connectivity index (χ3n) is 8.35. The molecule has 0 aromatic heterocycles. The second kappa shape index (κ2) is 36.5. The van der Waals surface area contributed by atoms with Crippen molar-refractivity contribution < 1.29 is 85.8 Å². The van der Waals surface area contributed by atoms with Crippen molar-refractivity contribution >= 4 is 59.9 Å². The van der Waals surface area contributed by atoms with E-state index in [4.69, 9.17) is 37.9 Å². The molecule has 22 nitrogen and oxygen atoms in total. The van der Waals surface area contributed by atoms with Crippen LogP contribution in [0.4, 0.5) is 14.4 Å². The molecule has 0 aliphatic rings. The number of ether oxygens (including phenoxy) is 8. The Morgan fingerprint density at radius 2 is 0.806 bits per heavy atom. The lowest BCUT2D eigenvalue weighted by molar-refractivity contribution is -0.151. The van der Waals surface area contributed by atoms with E-state index in [-0.39, 0.29) is 30.8 Å². The molecule has 0 saturated carbocycles. The van der Waals surface area contributed by atoms with Gasteiger partial charge in [0.1, 0.15) is 39.0 Å². The van der Waals surface area contributed by atoms with Gasteiger partial charge in [-0.05, 0) is 25.7 Å². The molecule has 22 heteroatoms. The molecule has 2 atom stereocenters. The van der Waals surface area contributed by atoms with Gasteiger partial charge in [0, 0.05) is 80.7 Å². The molecule has 0 fully saturated rings. The zero-order chi connectivity index (χ0) is 50.4. The molecule has 67 heavy (non-hydrogen) atoms. The fourth-order valence-electron chi connectivity index (χ4n) is 4.84. The summed E-state index contributed by atoms with van der Waals surface area (Å²) in [5.41, 5.74) is -0.0895. The van der Waals surface area contributed by atoms with Gasteiger partial charge in [0.05, 0.1) is 0 Å². The first-order chi connectivity index (χ1) is 32.0. The summed E-state index contributed by atoms with van der Waals surface area (Å²) in [6, 6.07) is -0.541. The van der Waals surface area contributed by atoms with E-state index >= 15 is 0 Å². The zero-order valence-electron chi connectivity index (χ0n) is 37.6. The minimum atomic E-state index is -1.32. The van der Waals surface area contributed by atoms with Crippen molar-refractivity contribution in [3.05, 3.63) is 99.6 Å². The van der Waals surface area contributed by atoms with Gasteiger partial charge < -0.3 is 53.8 Å². The molecule has 2 unspecified atom stereocenters. The molecule has 368 valence electrons. The van der Waals surface area contributed by atoms with E-state index in [1.165, 1.54) is 6.92 Å². The third kappa shape index (κ3) is 29.3. The fourth-order valence-corrected chi connectivity index (χ4v) is 4.84. The molecule has 0 radical (unpaired) electrons. The minimum absolute atomic E-state index is 0.0418. The Hall–Kier alpha value is -7.78. The predicted molar refractivity (Wildman–Crippen MR) is 238 cm³/mol. The Morgan fingerprint density at radius 3 is 1.16 bits per heavy atom. The number of esters is 6. The van der Waals surface area contributed by atoms with Crippen molar-refractivity contribution in [2.75, 3.05) is 52.6 Å². The van der Waals surface area contributed by atoms with Crippen molar-refractivity contribution in [2.24, 2.45) is 0 Å². The van der Waals surface area contributed by atoms with Crippen LogP contribution in [0, 0.1) is 0 Å². The van der Waals surface area contributed by atoms with Crippen LogP contribution in [0.1, 0.15) is 58.3 Å². The highest BCUT2D eigenvalue weighted by Gasteiger charge is 2.24. The van der Waals surface area contributed by atoms with Gasteiger partial charge in [0.15, 0.2) is 12.2 Å². The zero-order valence-corrected chi connectivity index (χ0v) is 37.6. The highest BCUT2D eigenvalue weighted by Crippen LogP contribution is 2.13. The molecule has 0 aliphatic heterocycles. The van der Waals surface area contributed by atoms with E-state index < -0.39 is 98.6 Å². The number of imide groups is 1. The van der Waals surface area contributed by atoms with E-state index in [1.807, 2.05) is 0 Å². The van der Waals surface area contributed by atoms with Crippen LogP contribution < -0.4 is 16.0 Å². The molecule has 0 saturated heterocycles. The van der Waals surface area contributed by atoms with Crippen LogP contribution in [-0.2, 0) is 71.5 Å². The summed E-state index contributed by atoms with van der Waals surface area (Å²) in [4.78, 5) is 121. The summed E-state index contributed by atoms with van der Waals surface area (Å²) in [7, 11) is 0. The lowest BCUT2D eigenvalue weighted by atomic mass is 10.2. The van der Waals surface area contributed by atoms with Crippen molar-refractivity contribution in [1.82, 2.24) is 20.9 Å². The van der Waals surface area contributed by atoms with Crippen LogP contribution in [0.25, 0.3) is 0 Å². The smallest absolute Gasteiger partial charge is 0.412 e. The lowest BCUT2D eigenvalue weighted by Gasteiger charge is -2.20. The first-order valence-electron chi connectivity index (χ1n) is 20.7. The Bertz CT molecular complexity index is 1840. The van der Waals surface area contributed by atoms with Crippen molar-refractivity contribution in [3.8, 4) is 0 Å². The maximum atomic E-state index is 12.7. The van der Waals surface area contributed by atoms with Gasteiger partial charge >= 0.3 is 54.0 Å². The van der Waals surface area contributed by atoms with Gasteiger partial charge in [-0.3, -0.25) is 9.69 Å². The maximum Gasteiger partial charge on any atom is 0.412 e.